The number of hydrogen-bond donors (Lipinski definition) is 2. The Morgan fingerprint density at radius 2 is 1.77 bits per heavy atom. The van der Waals surface area contributed by atoms with Crippen LogP contribution < -0.4 is 15.5 Å². The molecule has 5 nitrogen and oxygen atoms in total. The molecule has 0 saturated carbocycles. The van der Waals surface area contributed by atoms with Gasteiger partial charge in [0.25, 0.3) is 0 Å². The molecular weight excluding hydrogens is 444 g/mol. The average Bonchev–Trinajstić information content (AvgIpc) is 3.15. The molecule has 0 atom stereocenters. The first kappa shape index (κ1) is 21.0. The Hall–Kier alpha value is -1.35. The molecule has 1 heterocycles. The Balaban J connectivity index is 0.00000243. The van der Waals surface area contributed by atoms with Crippen molar-refractivity contribution in [2.24, 2.45) is 4.99 Å². The van der Waals surface area contributed by atoms with Gasteiger partial charge >= 0.3 is 0 Å². The monoisotopic (exact) mass is 473 g/mol. The van der Waals surface area contributed by atoms with E-state index >= 15 is 0 Å². The van der Waals surface area contributed by atoms with E-state index < -0.39 is 0 Å². The minimum atomic E-state index is -0.177. The van der Waals surface area contributed by atoms with Crippen LogP contribution in [0.3, 0.4) is 0 Å². The van der Waals surface area contributed by atoms with Crippen molar-refractivity contribution in [3.05, 3.63) is 42.2 Å². The van der Waals surface area contributed by atoms with Crippen LogP contribution in [-0.2, 0) is 0 Å². The first-order valence-corrected chi connectivity index (χ1v) is 9.09. The van der Waals surface area contributed by atoms with Crippen molar-refractivity contribution < 1.29 is 4.39 Å². The van der Waals surface area contributed by atoms with Gasteiger partial charge in [-0.15, -0.1) is 24.0 Å². The van der Waals surface area contributed by atoms with E-state index in [2.05, 4.69) is 37.6 Å². The third kappa shape index (κ3) is 6.12. The molecule has 0 unspecified atom stereocenters. The summed E-state index contributed by atoms with van der Waals surface area (Å²) in [6.07, 6.45) is 6.58. The van der Waals surface area contributed by atoms with E-state index in [-0.39, 0.29) is 29.8 Å². The second-order valence-corrected chi connectivity index (χ2v) is 6.59. The molecule has 1 aromatic carbocycles. The van der Waals surface area contributed by atoms with E-state index in [1.807, 2.05) is 19.2 Å². The van der Waals surface area contributed by atoms with Crippen LogP contribution >= 0.6 is 24.0 Å². The number of guanidine groups is 1. The summed E-state index contributed by atoms with van der Waals surface area (Å²) < 4.78 is 13.0. The SMILES string of the molecule is CN=C(NCCN1CCN(c2ccc(F)cc2)CC1)NC1CC=CC1.I. The fourth-order valence-corrected chi connectivity index (χ4v) is 3.34. The van der Waals surface area contributed by atoms with E-state index in [9.17, 15) is 4.39 Å². The van der Waals surface area contributed by atoms with Crippen molar-refractivity contribution in [3.8, 4) is 0 Å². The van der Waals surface area contributed by atoms with Crippen LogP contribution in [0, 0.1) is 5.82 Å². The lowest BCUT2D eigenvalue weighted by molar-refractivity contribution is 0.261. The molecule has 0 aromatic heterocycles. The Bertz CT molecular complexity index is 588. The standard InChI is InChI=1S/C19H28FN5.HI/c1-21-19(23-17-4-2-3-5-17)22-10-11-24-12-14-25(15-13-24)18-8-6-16(20)7-9-18;/h2-3,6-9,17H,4-5,10-15H2,1H3,(H2,21,22,23);1H. The van der Waals surface area contributed by atoms with Crippen molar-refractivity contribution in [2.45, 2.75) is 18.9 Å². The summed E-state index contributed by atoms with van der Waals surface area (Å²) in [7, 11) is 1.82. The Labute approximate surface area is 172 Å². The molecular formula is C19H29FIN5. The first-order valence-electron chi connectivity index (χ1n) is 9.09. The van der Waals surface area contributed by atoms with Crippen molar-refractivity contribution in [3.63, 3.8) is 0 Å². The molecule has 2 N–H and O–H groups in total. The van der Waals surface area contributed by atoms with E-state index in [1.54, 1.807) is 0 Å². The molecule has 2 aliphatic rings. The number of rotatable bonds is 5. The highest BCUT2D eigenvalue weighted by Gasteiger charge is 2.17. The molecule has 1 aliphatic carbocycles. The number of aliphatic imine (C=N–C) groups is 1. The van der Waals surface area contributed by atoms with Gasteiger partial charge in [0.1, 0.15) is 5.82 Å². The van der Waals surface area contributed by atoms with Gasteiger partial charge in [0.05, 0.1) is 0 Å². The van der Waals surface area contributed by atoms with Crippen LogP contribution in [0.2, 0.25) is 0 Å². The van der Waals surface area contributed by atoms with E-state index in [0.29, 0.717) is 6.04 Å². The number of nitrogens with zero attached hydrogens (tertiary/aromatic N) is 3. The summed E-state index contributed by atoms with van der Waals surface area (Å²) in [6, 6.07) is 7.26. The predicted octanol–water partition coefficient (Wildman–Crippen LogP) is 2.45. The predicted molar refractivity (Wildman–Crippen MR) is 117 cm³/mol. The second-order valence-electron chi connectivity index (χ2n) is 6.59. The number of piperazine rings is 1. The van der Waals surface area contributed by atoms with E-state index in [0.717, 1.165) is 63.8 Å². The third-order valence-electron chi connectivity index (χ3n) is 4.86. The van der Waals surface area contributed by atoms with Crippen molar-refractivity contribution >= 4 is 35.6 Å². The lowest BCUT2D eigenvalue weighted by Gasteiger charge is -2.36. The topological polar surface area (TPSA) is 42.9 Å². The van der Waals surface area contributed by atoms with Crippen LogP contribution in [0.1, 0.15) is 12.8 Å². The van der Waals surface area contributed by atoms with Gasteiger partial charge in [0.15, 0.2) is 5.96 Å². The fourth-order valence-electron chi connectivity index (χ4n) is 3.34. The van der Waals surface area contributed by atoms with Crippen LogP contribution in [0.15, 0.2) is 41.4 Å². The Kier molecular flexibility index (Phi) is 8.64. The second kappa shape index (κ2) is 10.7. The van der Waals surface area contributed by atoms with E-state index in [1.165, 1.54) is 12.1 Å². The van der Waals surface area contributed by atoms with Gasteiger partial charge in [-0.2, -0.15) is 0 Å². The van der Waals surface area contributed by atoms with Crippen molar-refractivity contribution in [1.29, 1.82) is 0 Å². The molecule has 26 heavy (non-hydrogen) atoms. The van der Waals surface area contributed by atoms with Crippen molar-refractivity contribution in [1.82, 2.24) is 15.5 Å². The molecule has 0 bridgehead atoms. The highest BCUT2D eigenvalue weighted by molar-refractivity contribution is 14.0. The quantitative estimate of drug-likeness (QED) is 0.299. The van der Waals surface area contributed by atoms with Gasteiger partial charge in [-0.25, -0.2) is 4.39 Å². The molecule has 0 amide bonds. The lowest BCUT2D eigenvalue weighted by atomic mass is 10.2. The van der Waals surface area contributed by atoms with Crippen LogP contribution in [0.5, 0.6) is 0 Å². The summed E-state index contributed by atoms with van der Waals surface area (Å²) in [4.78, 5) is 9.07. The van der Waals surface area contributed by atoms with Gasteiger partial charge in [0, 0.05) is 58.0 Å². The smallest absolute Gasteiger partial charge is 0.191 e. The molecule has 0 radical (unpaired) electrons. The summed E-state index contributed by atoms with van der Waals surface area (Å²) in [6.45, 7) is 5.89. The minimum Gasteiger partial charge on any atom is -0.369 e. The molecule has 1 saturated heterocycles. The molecule has 1 fully saturated rings. The summed E-state index contributed by atoms with van der Waals surface area (Å²) in [5, 5.41) is 6.86. The van der Waals surface area contributed by atoms with Gasteiger partial charge in [-0.1, -0.05) is 12.2 Å². The number of anilines is 1. The zero-order chi connectivity index (χ0) is 17.5. The van der Waals surface area contributed by atoms with Crippen LogP contribution in [0.25, 0.3) is 0 Å². The number of halogens is 2. The fraction of sp³-hybridized carbons (Fsp3) is 0.526. The Morgan fingerprint density at radius 3 is 2.38 bits per heavy atom. The maximum absolute atomic E-state index is 13.0. The maximum Gasteiger partial charge on any atom is 0.191 e. The van der Waals surface area contributed by atoms with Gasteiger partial charge < -0.3 is 15.5 Å². The molecule has 0 spiro atoms. The molecule has 3 rings (SSSR count). The zero-order valence-electron chi connectivity index (χ0n) is 15.3. The first-order chi connectivity index (χ1) is 12.2. The number of hydrogen-bond acceptors (Lipinski definition) is 3. The number of nitrogens with one attached hydrogen (secondary N) is 2. The van der Waals surface area contributed by atoms with Crippen LogP contribution in [0.4, 0.5) is 10.1 Å². The zero-order valence-corrected chi connectivity index (χ0v) is 17.7. The van der Waals surface area contributed by atoms with Crippen molar-refractivity contribution in [2.75, 3.05) is 51.2 Å². The third-order valence-corrected chi connectivity index (χ3v) is 4.86. The number of benzene rings is 1. The maximum atomic E-state index is 13.0. The van der Waals surface area contributed by atoms with Crippen LogP contribution in [-0.4, -0.2) is 63.2 Å². The summed E-state index contributed by atoms with van der Waals surface area (Å²) in [5.74, 6) is 0.711. The van der Waals surface area contributed by atoms with Gasteiger partial charge in [-0.3, -0.25) is 9.89 Å². The summed E-state index contributed by atoms with van der Waals surface area (Å²) >= 11 is 0. The Morgan fingerprint density at radius 1 is 1.12 bits per heavy atom. The highest BCUT2D eigenvalue weighted by atomic mass is 127. The lowest BCUT2D eigenvalue weighted by Crippen LogP contribution is -2.50. The summed E-state index contributed by atoms with van der Waals surface area (Å²) in [5.41, 5.74) is 1.11. The molecule has 144 valence electrons. The minimum absolute atomic E-state index is 0. The van der Waals surface area contributed by atoms with Gasteiger partial charge in [0.2, 0.25) is 0 Å². The molecule has 1 aliphatic heterocycles. The van der Waals surface area contributed by atoms with E-state index in [4.69, 9.17) is 0 Å². The molecule has 7 heteroatoms. The highest BCUT2D eigenvalue weighted by Crippen LogP contribution is 2.16. The normalized spacial score (nSPS) is 18.7. The average molecular weight is 473 g/mol. The largest absolute Gasteiger partial charge is 0.369 e. The molecule has 1 aromatic rings. The van der Waals surface area contributed by atoms with Gasteiger partial charge in [-0.05, 0) is 37.1 Å².